The lowest BCUT2D eigenvalue weighted by atomic mass is 10.0. The first-order valence-electron chi connectivity index (χ1n) is 11.3. The lowest BCUT2D eigenvalue weighted by molar-refractivity contribution is -0.140. The Morgan fingerprint density at radius 3 is 2.50 bits per heavy atom. The number of nitrogens with two attached hydrogens (primary N) is 1. The van der Waals surface area contributed by atoms with E-state index in [1.807, 2.05) is 25.1 Å². The summed E-state index contributed by atoms with van der Waals surface area (Å²) in [4.78, 5) is 16.3. The molecule has 0 aliphatic rings. The van der Waals surface area contributed by atoms with E-state index in [2.05, 4.69) is 15.6 Å². The number of anilines is 1. The standard InChI is InChI=1S/C26H28F4N4O2/c1-16(32-15-23(35)20-6-8-24(31)33-14-20)9-17-3-2-4-18(10-17)12-25(36)34-13-19-5-7-21(22(27)11-19)26(28,29)30/h2-8,10-11,14,16,23,32,35H,9,12-13,15H2,1H3,(H2,31,33)(H,34,36)/t16?,23-/m0/s1. The predicted octanol–water partition coefficient (Wildman–Crippen LogP) is 3.93. The van der Waals surface area contributed by atoms with Crippen LogP contribution in [0.3, 0.4) is 0 Å². The number of benzene rings is 2. The number of nitrogens with one attached hydrogen (secondary N) is 2. The van der Waals surface area contributed by atoms with Gasteiger partial charge < -0.3 is 21.5 Å². The molecule has 6 nitrogen and oxygen atoms in total. The second kappa shape index (κ2) is 12.0. The van der Waals surface area contributed by atoms with Gasteiger partial charge in [0.05, 0.1) is 18.1 Å². The smallest absolute Gasteiger partial charge is 0.387 e. The highest BCUT2D eigenvalue weighted by Gasteiger charge is 2.33. The molecule has 0 fully saturated rings. The van der Waals surface area contributed by atoms with Crippen molar-refractivity contribution in [2.75, 3.05) is 12.3 Å². The molecule has 3 aromatic rings. The minimum Gasteiger partial charge on any atom is -0.387 e. The Bertz CT molecular complexity index is 1170. The molecule has 0 radical (unpaired) electrons. The van der Waals surface area contributed by atoms with Gasteiger partial charge in [-0.25, -0.2) is 9.37 Å². The quantitative estimate of drug-likeness (QED) is 0.314. The number of carbonyl (C=O) groups excluding carboxylic acids is 1. The van der Waals surface area contributed by atoms with Crippen LogP contribution in [0.2, 0.25) is 0 Å². The van der Waals surface area contributed by atoms with Crippen LogP contribution in [-0.2, 0) is 30.4 Å². The van der Waals surface area contributed by atoms with E-state index >= 15 is 0 Å². The highest BCUT2D eigenvalue weighted by molar-refractivity contribution is 5.78. The number of amides is 1. The maximum Gasteiger partial charge on any atom is 0.419 e. The summed E-state index contributed by atoms with van der Waals surface area (Å²) in [6.07, 6.45) is -3.23. The summed E-state index contributed by atoms with van der Waals surface area (Å²) in [7, 11) is 0. The van der Waals surface area contributed by atoms with Crippen LogP contribution in [0.25, 0.3) is 0 Å². The van der Waals surface area contributed by atoms with Crippen molar-refractivity contribution in [1.82, 2.24) is 15.6 Å². The van der Waals surface area contributed by atoms with Crippen LogP contribution in [0.15, 0.2) is 60.8 Å². The number of nitrogen functional groups attached to an aromatic ring is 1. The van der Waals surface area contributed by atoms with Crippen LogP contribution in [0.1, 0.15) is 40.8 Å². The van der Waals surface area contributed by atoms with E-state index in [0.717, 1.165) is 23.3 Å². The molecule has 1 heterocycles. The number of aliphatic hydroxyl groups is 1. The van der Waals surface area contributed by atoms with Crippen LogP contribution < -0.4 is 16.4 Å². The van der Waals surface area contributed by atoms with Crippen molar-refractivity contribution in [2.45, 2.75) is 44.6 Å². The first kappa shape index (κ1) is 27.1. The molecule has 0 spiro atoms. The fraction of sp³-hybridized carbons (Fsp3) is 0.308. The third-order valence-electron chi connectivity index (χ3n) is 5.58. The van der Waals surface area contributed by atoms with E-state index in [9.17, 15) is 27.5 Å². The fourth-order valence-electron chi connectivity index (χ4n) is 3.68. The van der Waals surface area contributed by atoms with E-state index in [0.29, 0.717) is 30.4 Å². The van der Waals surface area contributed by atoms with E-state index in [1.54, 1.807) is 18.2 Å². The summed E-state index contributed by atoms with van der Waals surface area (Å²) in [5.74, 6) is -1.32. The summed E-state index contributed by atoms with van der Waals surface area (Å²) >= 11 is 0. The molecule has 1 amide bonds. The van der Waals surface area contributed by atoms with Crippen molar-refractivity contribution in [3.05, 3.63) is 94.4 Å². The Morgan fingerprint density at radius 2 is 1.83 bits per heavy atom. The largest absolute Gasteiger partial charge is 0.419 e. The molecule has 0 aliphatic heterocycles. The number of hydrogen-bond donors (Lipinski definition) is 4. The van der Waals surface area contributed by atoms with E-state index in [1.165, 1.54) is 6.20 Å². The second-order valence-corrected chi connectivity index (χ2v) is 8.63. The molecular formula is C26H28F4N4O2. The molecule has 2 atom stereocenters. The van der Waals surface area contributed by atoms with Gasteiger partial charge in [-0.15, -0.1) is 0 Å². The molecule has 0 aliphatic carbocycles. The second-order valence-electron chi connectivity index (χ2n) is 8.63. The van der Waals surface area contributed by atoms with Crippen molar-refractivity contribution >= 4 is 11.7 Å². The molecule has 36 heavy (non-hydrogen) atoms. The maximum atomic E-state index is 13.7. The summed E-state index contributed by atoms with van der Waals surface area (Å²) in [6, 6.07) is 13.5. The van der Waals surface area contributed by atoms with Gasteiger partial charge in [0.1, 0.15) is 11.6 Å². The topological polar surface area (TPSA) is 100 Å². The number of hydrogen-bond acceptors (Lipinski definition) is 5. The summed E-state index contributed by atoms with van der Waals surface area (Å²) in [6.45, 7) is 2.23. The number of pyridine rings is 1. The third-order valence-corrected chi connectivity index (χ3v) is 5.58. The molecule has 0 saturated carbocycles. The molecule has 3 rings (SSSR count). The van der Waals surface area contributed by atoms with Crippen LogP contribution in [0.5, 0.6) is 0 Å². The number of rotatable bonds is 10. The predicted molar refractivity (Wildman–Crippen MR) is 128 cm³/mol. The molecule has 192 valence electrons. The zero-order chi connectivity index (χ0) is 26.3. The number of carbonyl (C=O) groups is 1. The average molecular weight is 505 g/mol. The van der Waals surface area contributed by atoms with Gasteiger partial charge in [-0.3, -0.25) is 4.79 Å². The Balaban J connectivity index is 1.47. The summed E-state index contributed by atoms with van der Waals surface area (Å²) < 4.78 is 51.7. The first-order valence-corrected chi connectivity index (χ1v) is 11.3. The highest BCUT2D eigenvalue weighted by atomic mass is 19.4. The van der Waals surface area contributed by atoms with Gasteiger partial charge in [0.2, 0.25) is 5.91 Å². The molecule has 10 heteroatoms. The fourth-order valence-corrected chi connectivity index (χ4v) is 3.68. The van der Waals surface area contributed by atoms with Crippen molar-refractivity contribution in [1.29, 1.82) is 0 Å². The van der Waals surface area contributed by atoms with Gasteiger partial charge in [0, 0.05) is 30.9 Å². The Morgan fingerprint density at radius 1 is 1.08 bits per heavy atom. The number of nitrogens with zero attached hydrogens (tertiary/aromatic N) is 1. The molecular weight excluding hydrogens is 476 g/mol. The number of aliphatic hydroxyl groups excluding tert-OH is 1. The molecule has 5 N–H and O–H groups in total. The van der Waals surface area contributed by atoms with Crippen molar-refractivity contribution < 1.29 is 27.5 Å². The number of halogens is 4. The molecule has 0 saturated heterocycles. The lowest BCUT2D eigenvalue weighted by Gasteiger charge is -2.18. The zero-order valence-electron chi connectivity index (χ0n) is 19.6. The Hall–Kier alpha value is -3.50. The Kier molecular flexibility index (Phi) is 9.00. The minimum atomic E-state index is -4.77. The lowest BCUT2D eigenvalue weighted by Crippen LogP contribution is -2.32. The molecule has 0 bridgehead atoms. The normalized spacial score (nSPS) is 13.3. The summed E-state index contributed by atoms with van der Waals surface area (Å²) in [5.41, 5.74) is 6.88. The molecule has 1 aromatic heterocycles. The van der Waals surface area contributed by atoms with Gasteiger partial charge in [-0.05, 0) is 48.2 Å². The molecule has 1 unspecified atom stereocenters. The monoisotopic (exact) mass is 504 g/mol. The van der Waals surface area contributed by atoms with Gasteiger partial charge >= 0.3 is 6.18 Å². The summed E-state index contributed by atoms with van der Waals surface area (Å²) in [5, 5.41) is 16.2. The SMILES string of the molecule is CC(Cc1cccc(CC(=O)NCc2ccc(C(F)(F)F)c(F)c2)c1)NC[C@H](O)c1ccc(N)nc1. The maximum absolute atomic E-state index is 13.7. The van der Waals surface area contributed by atoms with Gasteiger partial charge in [0.25, 0.3) is 0 Å². The number of aromatic nitrogens is 1. The van der Waals surface area contributed by atoms with Crippen molar-refractivity contribution in [3.63, 3.8) is 0 Å². The first-order chi connectivity index (χ1) is 17.0. The number of alkyl halides is 3. The van der Waals surface area contributed by atoms with Crippen LogP contribution in [0, 0.1) is 5.82 Å². The highest BCUT2D eigenvalue weighted by Crippen LogP contribution is 2.31. The van der Waals surface area contributed by atoms with Crippen LogP contribution in [-0.4, -0.2) is 28.6 Å². The van der Waals surface area contributed by atoms with E-state index in [-0.39, 0.29) is 30.5 Å². The zero-order valence-corrected chi connectivity index (χ0v) is 19.6. The minimum absolute atomic E-state index is 0.0417. The van der Waals surface area contributed by atoms with Gasteiger partial charge in [0.15, 0.2) is 0 Å². The van der Waals surface area contributed by atoms with E-state index < -0.39 is 23.7 Å². The third kappa shape index (κ3) is 8.03. The van der Waals surface area contributed by atoms with E-state index in [4.69, 9.17) is 5.73 Å². The van der Waals surface area contributed by atoms with Crippen molar-refractivity contribution in [3.8, 4) is 0 Å². The van der Waals surface area contributed by atoms with Crippen LogP contribution >= 0.6 is 0 Å². The van der Waals surface area contributed by atoms with Gasteiger partial charge in [-0.1, -0.05) is 36.4 Å². The van der Waals surface area contributed by atoms with Crippen LogP contribution in [0.4, 0.5) is 23.4 Å². The van der Waals surface area contributed by atoms with Gasteiger partial charge in [-0.2, -0.15) is 13.2 Å². The molecule has 2 aromatic carbocycles. The van der Waals surface area contributed by atoms with Crippen molar-refractivity contribution in [2.24, 2.45) is 0 Å². The average Bonchev–Trinajstić information content (AvgIpc) is 2.81. The Labute approximate surface area is 206 Å².